The van der Waals surface area contributed by atoms with E-state index in [4.69, 9.17) is 0 Å². The van der Waals surface area contributed by atoms with Crippen molar-refractivity contribution in [3.8, 4) is 0 Å². The molecule has 3 unspecified atom stereocenters. The minimum absolute atomic E-state index is 0.0616. The number of benzene rings is 2. The van der Waals surface area contributed by atoms with Crippen molar-refractivity contribution >= 4 is 21.8 Å². The maximum atomic E-state index is 13.6. The third-order valence-corrected chi connectivity index (χ3v) is 8.25. The number of nitrogens with zero attached hydrogens (tertiary/aromatic N) is 3. The van der Waals surface area contributed by atoms with Crippen LogP contribution in [0, 0.1) is 18.8 Å². The van der Waals surface area contributed by atoms with Gasteiger partial charge < -0.3 is 4.90 Å². The predicted octanol–water partition coefficient (Wildman–Crippen LogP) is 4.70. The molecule has 0 N–H and O–H groups in total. The first-order valence-corrected chi connectivity index (χ1v) is 12.9. The summed E-state index contributed by atoms with van der Waals surface area (Å²) in [7, 11) is 0. The molecule has 3 fully saturated rings. The summed E-state index contributed by atoms with van der Waals surface area (Å²) < 4.78 is 1.20. The van der Waals surface area contributed by atoms with Crippen LogP contribution >= 0.6 is 15.9 Å². The number of aryl methyl sites for hydroxylation is 1. The number of hydrogen-bond donors (Lipinski definition) is 0. The molecule has 3 saturated heterocycles. The maximum Gasteiger partial charge on any atom is 0.239 e. The van der Waals surface area contributed by atoms with Crippen LogP contribution in [0.5, 0.6) is 0 Å². The van der Waals surface area contributed by atoms with Gasteiger partial charge in [-0.05, 0) is 61.8 Å². The summed E-state index contributed by atoms with van der Waals surface area (Å²) in [5.41, 5.74) is 3.96. The summed E-state index contributed by atoms with van der Waals surface area (Å²) in [5.74, 6) is 1.57. The molecule has 5 rings (SSSR count). The van der Waals surface area contributed by atoms with Gasteiger partial charge in [-0.15, -0.1) is 0 Å². The van der Waals surface area contributed by atoms with Gasteiger partial charge >= 0.3 is 0 Å². The molecule has 2 bridgehead atoms. The topological polar surface area (TPSA) is 26.8 Å². The Balaban J connectivity index is 1.20. The van der Waals surface area contributed by atoms with E-state index in [0.717, 1.165) is 58.7 Å². The van der Waals surface area contributed by atoms with E-state index in [1.165, 1.54) is 27.6 Å². The Morgan fingerprint density at radius 1 is 0.969 bits per heavy atom. The summed E-state index contributed by atoms with van der Waals surface area (Å²) in [6, 6.07) is 17.4. The van der Waals surface area contributed by atoms with Crippen LogP contribution in [0.15, 0.2) is 53.0 Å². The third kappa shape index (κ3) is 4.95. The first kappa shape index (κ1) is 22.1. The fourth-order valence-corrected chi connectivity index (χ4v) is 6.41. The lowest BCUT2D eigenvalue weighted by Gasteiger charge is -2.46. The molecule has 1 amide bonds. The Bertz CT molecular complexity index is 932. The fourth-order valence-electron chi connectivity index (χ4n) is 6.00. The number of rotatable bonds is 5. The highest BCUT2D eigenvalue weighted by molar-refractivity contribution is 9.10. The molecule has 5 heteroatoms. The van der Waals surface area contributed by atoms with Crippen molar-refractivity contribution in [2.75, 3.05) is 32.7 Å². The van der Waals surface area contributed by atoms with Gasteiger partial charge in [0.05, 0.1) is 6.04 Å². The van der Waals surface area contributed by atoms with Crippen molar-refractivity contribution in [1.82, 2.24) is 14.7 Å². The Morgan fingerprint density at radius 2 is 1.69 bits per heavy atom. The maximum absolute atomic E-state index is 13.6. The molecular formula is C27H34BrN3O. The zero-order chi connectivity index (χ0) is 22.1. The summed E-state index contributed by atoms with van der Waals surface area (Å²) in [6.07, 6.45) is 3.40. The van der Waals surface area contributed by atoms with E-state index in [0.29, 0.717) is 17.7 Å². The van der Waals surface area contributed by atoms with Gasteiger partial charge in [-0.1, -0.05) is 64.0 Å². The third-order valence-electron chi connectivity index (χ3n) is 7.48. The Labute approximate surface area is 200 Å². The van der Waals surface area contributed by atoms with E-state index >= 15 is 0 Å². The molecule has 0 aromatic heterocycles. The minimum atomic E-state index is 0.0616. The quantitative estimate of drug-likeness (QED) is 0.601. The van der Waals surface area contributed by atoms with E-state index in [-0.39, 0.29) is 6.04 Å². The number of halogens is 1. The smallest absolute Gasteiger partial charge is 0.239 e. The molecule has 170 valence electrons. The van der Waals surface area contributed by atoms with Gasteiger partial charge in [-0.25, -0.2) is 0 Å². The average molecular weight is 496 g/mol. The summed E-state index contributed by atoms with van der Waals surface area (Å²) in [5, 5.41) is 0. The average Bonchev–Trinajstić information content (AvgIpc) is 3.24. The van der Waals surface area contributed by atoms with Crippen LogP contribution in [0.3, 0.4) is 0 Å². The van der Waals surface area contributed by atoms with Gasteiger partial charge in [0.1, 0.15) is 0 Å². The van der Waals surface area contributed by atoms with Crippen molar-refractivity contribution < 1.29 is 4.79 Å². The van der Waals surface area contributed by atoms with Crippen LogP contribution in [0.1, 0.15) is 36.0 Å². The van der Waals surface area contributed by atoms with Crippen LogP contribution in [-0.4, -0.2) is 59.4 Å². The molecule has 0 saturated carbocycles. The van der Waals surface area contributed by atoms with Gasteiger partial charge in [0.25, 0.3) is 0 Å². The molecule has 4 nitrogen and oxygen atoms in total. The van der Waals surface area contributed by atoms with Crippen molar-refractivity contribution in [3.63, 3.8) is 0 Å². The SMILES string of the molecule is Cc1ccc(CN2CCCC2C(=O)N2CC3CC(CN(Cc4ccccc4Br)C3)C2)cc1. The normalized spacial score (nSPS) is 26.4. The van der Waals surface area contributed by atoms with Crippen molar-refractivity contribution in [2.24, 2.45) is 11.8 Å². The first-order chi connectivity index (χ1) is 15.5. The Kier molecular flexibility index (Phi) is 6.68. The Morgan fingerprint density at radius 3 is 2.41 bits per heavy atom. The number of fused-ring (bicyclic) bond motifs is 2. The molecule has 0 radical (unpaired) electrons. The van der Waals surface area contributed by atoms with Gasteiger partial charge in [0.2, 0.25) is 5.91 Å². The molecule has 0 aliphatic carbocycles. The largest absolute Gasteiger partial charge is 0.341 e. The number of hydrogen-bond acceptors (Lipinski definition) is 3. The molecule has 3 atom stereocenters. The number of carbonyl (C=O) groups is 1. The molecule has 2 aromatic rings. The van der Waals surface area contributed by atoms with Crippen molar-refractivity contribution in [3.05, 3.63) is 69.7 Å². The number of likely N-dealkylation sites (tertiary alicyclic amines) is 3. The monoisotopic (exact) mass is 495 g/mol. The van der Waals surface area contributed by atoms with Crippen molar-refractivity contribution in [1.29, 1.82) is 0 Å². The Hall–Kier alpha value is -1.69. The standard InChI is InChI=1S/C27H34BrN3O/c1-20-8-10-21(11-9-20)16-30-12-4-7-26(30)27(32)31-17-22-13-23(18-31)15-29(14-22)19-24-5-2-3-6-25(24)28/h2-3,5-6,8-11,22-23,26H,4,7,12-19H2,1H3. The molecular weight excluding hydrogens is 462 g/mol. The lowest BCUT2D eigenvalue weighted by atomic mass is 9.84. The molecule has 32 heavy (non-hydrogen) atoms. The van der Waals surface area contributed by atoms with Crippen molar-refractivity contribution in [2.45, 2.75) is 45.3 Å². The summed E-state index contributed by atoms with van der Waals surface area (Å²) >= 11 is 3.70. The van der Waals surface area contributed by atoms with Gasteiger partial charge in [-0.2, -0.15) is 0 Å². The summed E-state index contributed by atoms with van der Waals surface area (Å²) in [6.45, 7) is 9.09. The highest BCUT2D eigenvalue weighted by atomic mass is 79.9. The van der Waals surface area contributed by atoms with Gasteiger partial charge in [0.15, 0.2) is 0 Å². The van der Waals surface area contributed by atoms with Gasteiger partial charge in [-0.3, -0.25) is 14.6 Å². The van der Waals surface area contributed by atoms with Crippen LogP contribution in [0.25, 0.3) is 0 Å². The lowest BCUT2D eigenvalue weighted by Crippen LogP contribution is -2.56. The van der Waals surface area contributed by atoms with E-state index in [1.807, 2.05) is 0 Å². The molecule has 2 aromatic carbocycles. The summed E-state index contributed by atoms with van der Waals surface area (Å²) in [4.78, 5) is 20.8. The second-order valence-corrected chi connectivity index (χ2v) is 11.0. The van der Waals surface area contributed by atoms with E-state index in [9.17, 15) is 4.79 Å². The zero-order valence-corrected chi connectivity index (χ0v) is 20.6. The number of piperidine rings is 2. The highest BCUT2D eigenvalue weighted by Gasteiger charge is 2.40. The molecule has 3 aliphatic rings. The first-order valence-electron chi connectivity index (χ1n) is 12.1. The highest BCUT2D eigenvalue weighted by Crippen LogP contribution is 2.32. The van der Waals surface area contributed by atoms with Crippen LogP contribution in [-0.2, 0) is 17.9 Å². The molecule has 3 aliphatic heterocycles. The second kappa shape index (κ2) is 9.66. The van der Waals surface area contributed by atoms with Crippen LogP contribution in [0.2, 0.25) is 0 Å². The van der Waals surface area contributed by atoms with Crippen LogP contribution in [0.4, 0.5) is 0 Å². The second-order valence-electron chi connectivity index (χ2n) is 10.1. The predicted molar refractivity (Wildman–Crippen MR) is 132 cm³/mol. The van der Waals surface area contributed by atoms with E-state index in [1.54, 1.807) is 0 Å². The minimum Gasteiger partial charge on any atom is -0.341 e. The molecule has 3 heterocycles. The lowest BCUT2D eigenvalue weighted by molar-refractivity contribution is -0.140. The fraction of sp³-hybridized carbons (Fsp3) is 0.519. The van der Waals surface area contributed by atoms with E-state index < -0.39 is 0 Å². The van der Waals surface area contributed by atoms with Gasteiger partial charge in [0, 0.05) is 43.7 Å². The zero-order valence-electron chi connectivity index (χ0n) is 19.0. The van der Waals surface area contributed by atoms with Crippen LogP contribution < -0.4 is 0 Å². The van der Waals surface area contributed by atoms with E-state index in [2.05, 4.69) is 86.1 Å². The number of amides is 1. The number of carbonyl (C=O) groups excluding carboxylic acids is 1. The molecule has 0 spiro atoms.